The molecule has 2 aliphatic heterocycles. The number of imide groups is 1. The summed E-state index contributed by atoms with van der Waals surface area (Å²) < 4.78 is 38.1. The number of nitrogens with zero attached hydrogens (tertiary/aromatic N) is 4. The lowest BCUT2D eigenvalue weighted by molar-refractivity contribution is -0.138. The lowest BCUT2D eigenvalue weighted by Gasteiger charge is -2.23. The number of aromatic nitrogens is 1. The Balaban J connectivity index is 1.48. The number of pyridine rings is 1. The lowest BCUT2D eigenvalue weighted by atomic mass is 10.1. The maximum atomic E-state index is 12.7. The highest BCUT2D eigenvalue weighted by Crippen LogP contribution is 2.29. The number of halogens is 3. The highest BCUT2D eigenvalue weighted by molar-refractivity contribution is 6.06. The molecule has 0 saturated carbocycles. The molecule has 1 aromatic heterocycles. The molecule has 3 rings (SSSR count). The van der Waals surface area contributed by atoms with Crippen molar-refractivity contribution in [3.63, 3.8) is 0 Å². The second-order valence-electron chi connectivity index (χ2n) is 8.24. The number of rotatable bonds is 5. The fourth-order valence-electron chi connectivity index (χ4n) is 3.70. The van der Waals surface area contributed by atoms with Gasteiger partial charge in [-0.05, 0) is 38.8 Å². The summed E-state index contributed by atoms with van der Waals surface area (Å²) in [6, 6.07) is 1.91. The first-order chi connectivity index (χ1) is 14.5. The van der Waals surface area contributed by atoms with E-state index >= 15 is 0 Å². The molecular weight excluding hydrogens is 415 g/mol. The van der Waals surface area contributed by atoms with Crippen LogP contribution in [0, 0.1) is 0 Å². The predicted octanol–water partition coefficient (Wildman–Crippen LogP) is 2.25. The van der Waals surface area contributed by atoms with E-state index in [-0.39, 0.29) is 24.8 Å². The molecule has 0 aromatic carbocycles. The minimum absolute atomic E-state index is 0.0754. The Hall–Kier alpha value is -2.85. The summed E-state index contributed by atoms with van der Waals surface area (Å²) in [6.45, 7) is 5.45. The summed E-state index contributed by atoms with van der Waals surface area (Å²) in [5.74, 6) is 0.0661. The van der Waals surface area contributed by atoms with Crippen molar-refractivity contribution in [2.45, 2.75) is 44.8 Å². The molecule has 8 nitrogen and oxygen atoms in total. The van der Waals surface area contributed by atoms with Crippen molar-refractivity contribution < 1.29 is 27.6 Å². The molecule has 2 fully saturated rings. The maximum absolute atomic E-state index is 12.7. The van der Waals surface area contributed by atoms with Gasteiger partial charge >= 0.3 is 12.2 Å². The number of hydrogen-bond acceptors (Lipinski definition) is 5. The molecule has 1 aromatic rings. The average molecular weight is 441 g/mol. The van der Waals surface area contributed by atoms with Crippen molar-refractivity contribution in [1.29, 1.82) is 0 Å². The summed E-state index contributed by atoms with van der Waals surface area (Å²) in [5, 5.41) is 2.60. The normalized spacial score (nSPS) is 19.5. The molecule has 0 bridgehead atoms. The van der Waals surface area contributed by atoms with Crippen LogP contribution in [0.5, 0.6) is 0 Å². The summed E-state index contributed by atoms with van der Waals surface area (Å²) in [7, 11) is 0. The Bertz CT molecular complexity index is 841. The van der Waals surface area contributed by atoms with Crippen LogP contribution in [0.2, 0.25) is 0 Å². The van der Waals surface area contributed by atoms with E-state index in [9.17, 15) is 27.6 Å². The Morgan fingerprint density at radius 1 is 1.16 bits per heavy atom. The standard InChI is InChI=1S/C20H26F3N5O3/c1-19(2)17(30)28(18(31)25-19)10-3-5-16(29)27-9-4-8-26(11-12-27)15-7-6-14(13-24-15)20(21,22)23/h6-7,13H,3-5,8-12H2,1-2H3,(H,25,31). The van der Waals surface area contributed by atoms with Crippen molar-refractivity contribution in [3.05, 3.63) is 23.9 Å². The number of carbonyl (C=O) groups is 3. The molecule has 4 amide bonds. The van der Waals surface area contributed by atoms with Gasteiger partial charge in [0.15, 0.2) is 0 Å². The van der Waals surface area contributed by atoms with Gasteiger partial charge in [-0.1, -0.05) is 0 Å². The average Bonchev–Trinajstić information content (AvgIpc) is 2.88. The molecule has 0 unspecified atom stereocenters. The van der Waals surface area contributed by atoms with Crippen molar-refractivity contribution in [2.24, 2.45) is 0 Å². The molecule has 0 radical (unpaired) electrons. The predicted molar refractivity (Wildman–Crippen MR) is 106 cm³/mol. The van der Waals surface area contributed by atoms with Crippen molar-refractivity contribution in [3.8, 4) is 0 Å². The Morgan fingerprint density at radius 3 is 2.48 bits per heavy atom. The minimum atomic E-state index is -4.43. The zero-order valence-corrected chi connectivity index (χ0v) is 17.5. The molecule has 0 atom stereocenters. The molecule has 170 valence electrons. The van der Waals surface area contributed by atoms with Gasteiger partial charge in [-0.15, -0.1) is 0 Å². The fraction of sp³-hybridized carbons (Fsp3) is 0.600. The summed E-state index contributed by atoms with van der Waals surface area (Å²) in [5.41, 5.74) is -1.72. The van der Waals surface area contributed by atoms with E-state index in [1.165, 1.54) is 6.07 Å². The van der Waals surface area contributed by atoms with E-state index in [0.29, 0.717) is 44.8 Å². The monoisotopic (exact) mass is 441 g/mol. The first-order valence-corrected chi connectivity index (χ1v) is 10.2. The lowest BCUT2D eigenvalue weighted by Crippen LogP contribution is -2.40. The molecule has 2 saturated heterocycles. The first kappa shape index (κ1) is 22.8. The Labute approximate surface area is 178 Å². The SMILES string of the molecule is CC1(C)NC(=O)N(CCCC(=O)N2CCCN(c3ccc(C(F)(F)F)cn3)CC2)C1=O. The topological polar surface area (TPSA) is 85.8 Å². The van der Waals surface area contributed by atoms with Gasteiger partial charge in [0, 0.05) is 45.3 Å². The second kappa shape index (κ2) is 8.72. The molecule has 31 heavy (non-hydrogen) atoms. The van der Waals surface area contributed by atoms with Gasteiger partial charge < -0.3 is 15.1 Å². The van der Waals surface area contributed by atoms with Gasteiger partial charge in [0.05, 0.1) is 5.56 Å². The summed E-state index contributed by atoms with van der Waals surface area (Å²) in [6.07, 6.45) is -2.37. The smallest absolute Gasteiger partial charge is 0.355 e. The van der Waals surface area contributed by atoms with Crippen LogP contribution in [0.25, 0.3) is 0 Å². The summed E-state index contributed by atoms with van der Waals surface area (Å²) >= 11 is 0. The first-order valence-electron chi connectivity index (χ1n) is 10.2. The number of nitrogens with one attached hydrogen (secondary N) is 1. The molecule has 3 heterocycles. The number of urea groups is 1. The number of anilines is 1. The van der Waals surface area contributed by atoms with Crippen LogP contribution in [0.15, 0.2) is 18.3 Å². The van der Waals surface area contributed by atoms with E-state index in [2.05, 4.69) is 10.3 Å². The van der Waals surface area contributed by atoms with Crippen LogP contribution >= 0.6 is 0 Å². The number of alkyl halides is 3. The van der Waals surface area contributed by atoms with Crippen LogP contribution in [-0.4, -0.2) is 70.9 Å². The van der Waals surface area contributed by atoms with Crippen molar-refractivity contribution >= 4 is 23.7 Å². The number of carbonyl (C=O) groups excluding carboxylic acids is 3. The zero-order valence-electron chi connectivity index (χ0n) is 17.5. The number of hydrogen-bond donors (Lipinski definition) is 1. The van der Waals surface area contributed by atoms with Gasteiger partial charge in [-0.25, -0.2) is 9.78 Å². The van der Waals surface area contributed by atoms with Gasteiger partial charge in [0.25, 0.3) is 5.91 Å². The van der Waals surface area contributed by atoms with Crippen LogP contribution in [0.4, 0.5) is 23.8 Å². The highest BCUT2D eigenvalue weighted by atomic mass is 19.4. The van der Waals surface area contributed by atoms with Crippen molar-refractivity contribution in [1.82, 2.24) is 20.1 Å². The zero-order chi connectivity index (χ0) is 22.8. The van der Waals surface area contributed by atoms with E-state index in [0.717, 1.165) is 17.2 Å². The molecule has 0 aliphatic carbocycles. The minimum Gasteiger partial charge on any atom is -0.355 e. The van der Waals surface area contributed by atoms with E-state index in [4.69, 9.17) is 0 Å². The Morgan fingerprint density at radius 2 is 1.90 bits per heavy atom. The van der Waals surface area contributed by atoms with E-state index in [1.54, 1.807) is 18.7 Å². The van der Waals surface area contributed by atoms with Crippen LogP contribution in [0.1, 0.15) is 38.7 Å². The molecule has 1 N–H and O–H groups in total. The van der Waals surface area contributed by atoms with Crippen LogP contribution in [0.3, 0.4) is 0 Å². The quantitative estimate of drug-likeness (QED) is 0.709. The molecule has 0 spiro atoms. The van der Waals surface area contributed by atoms with Crippen LogP contribution < -0.4 is 10.2 Å². The van der Waals surface area contributed by atoms with Gasteiger partial charge in [-0.2, -0.15) is 13.2 Å². The number of amides is 4. The highest BCUT2D eigenvalue weighted by Gasteiger charge is 2.43. The largest absolute Gasteiger partial charge is 0.417 e. The van der Waals surface area contributed by atoms with Crippen molar-refractivity contribution in [2.75, 3.05) is 37.6 Å². The Kier molecular flexibility index (Phi) is 6.42. The van der Waals surface area contributed by atoms with Crippen LogP contribution in [-0.2, 0) is 15.8 Å². The fourth-order valence-corrected chi connectivity index (χ4v) is 3.70. The summed E-state index contributed by atoms with van der Waals surface area (Å²) in [4.78, 5) is 45.3. The molecule has 11 heteroatoms. The van der Waals surface area contributed by atoms with Gasteiger partial charge in [0.2, 0.25) is 5.91 Å². The van der Waals surface area contributed by atoms with Gasteiger partial charge in [0.1, 0.15) is 11.4 Å². The van der Waals surface area contributed by atoms with E-state index in [1.807, 2.05) is 4.90 Å². The third kappa shape index (κ3) is 5.26. The maximum Gasteiger partial charge on any atom is 0.417 e. The molecular formula is C20H26F3N5O3. The van der Waals surface area contributed by atoms with E-state index < -0.39 is 23.3 Å². The third-order valence-electron chi connectivity index (χ3n) is 5.46. The third-order valence-corrected chi connectivity index (χ3v) is 5.46. The molecule has 2 aliphatic rings. The second-order valence-corrected chi connectivity index (χ2v) is 8.24. The van der Waals surface area contributed by atoms with Gasteiger partial charge in [-0.3, -0.25) is 14.5 Å².